The molecule has 0 aromatic heterocycles. The van der Waals surface area contributed by atoms with E-state index in [4.69, 9.17) is 18.9 Å². The quantitative estimate of drug-likeness (QED) is 0.825. The normalized spacial score (nSPS) is 28.8. The molecule has 0 radical (unpaired) electrons. The van der Waals surface area contributed by atoms with E-state index >= 15 is 0 Å². The number of rotatable bonds is 7. The molecule has 5 nitrogen and oxygen atoms in total. The maximum atomic E-state index is 10.2. The number of benzene rings is 2. The van der Waals surface area contributed by atoms with Crippen LogP contribution in [0.5, 0.6) is 0 Å². The summed E-state index contributed by atoms with van der Waals surface area (Å²) in [6.07, 6.45) is -2.78. The first-order chi connectivity index (χ1) is 12.7. The Hall–Kier alpha value is -1.76. The molecule has 0 amide bonds. The number of methoxy groups -OCH3 is 1. The number of aliphatic hydroxyl groups excluding tert-OH is 1. The summed E-state index contributed by atoms with van der Waals surface area (Å²) in [5.74, 6) is 0. The average molecular weight is 358 g/mol. The molecule has 1 saturated heterocycles. The molecule has 0 saturated carbocycles. The van der Waals surface area contributed by atoms with Crippen molar-refractivity contribution in [2.75, 3.05) is 7.11 Å². The third-order valence-corrected chi connectivity index (χ3v) is 4.59. The molecule has 1 unspecified atom stereocenters. The largest absolute Gasteiger partial charge is 0.373 e. The van der Waals surface area contributed by atoms with Crippen LogP contribution >= 0.6 is 0 Å². The Morgan fingerprint density at radius 1 is 0.808 bits per heavy atom. The van der Waals surface area contributed by atoms with Crippen molar-refractivity contribution in [3.8, 4) is 0 Å². The fraction of sp³-hybridized carbons (Fsp3) is 0.429. The molecular formula is C21H26O5. The van der Waals surface area contributed by atoms with Gasteiger partial charge in [0.1, 0.15) is 18.3 Å². The molecule has 1 heterocycles. The number of ether oxygens (including phenoxy) is 4. The monoisotopic (exact) mass is 358 g/mol. The van der Waals surface area contributed by atoms with E-state index in [-0.39, 0.29) is 12.2 Å². The maximum absolute atomic E-state index is 10.2. The molecule has 26 heavy (non-hydrogen) atoms. The zero-order valence-corrected chi connectivity index (χ0v) is 15.2. The van der Waals surface area contributed by atoms with Crippen molar-refractivity contribution >= 4 is 0 Å². The Balaban J connectivity index is 1.71. The standard InChI is InChI=1S/C21H26O5/c1-15-18(24-13-16-9-5-3-6-10-16)19(20(23-2)21(22)26-15)25-14-17-11-7-4-8-12-17/h3-12,15,18-22H,13-14H2,1-2H3/t15-,18+,19+,20-,21?/m0/s1. The van der Waals surface area contributed by atoms with Crippen LogP contribution in [0.1, 0.15) is 18.1 Å². The highest BCUT2D eigenvalue weighted by atomic mass is 16.7. The summed E-state index contributed by atoms with van der Waals surface area (Å²) in [7, 11) is 1.54. The van der Waals surface area contributed by atoms with Crippen LogP contribution in [0.2, 0.25) is 0 Å². The predicted molar refractivity (Wildman–Crippen MR) is 97.4 cm³/mol. The van der Waals surface area contributed by atoms with Gasteiger partial charge in [-0.15, -0.1) is 0 Å². The zero-order chi connectivity index (χ0) is 18.4. The van der Waals surface area contributed by atoms with Crippen LogP contribution in [0.25, 0.3) is 0 Å². The lowest BCUT2D eigenvalue weighted by Crippen LogP contribution is -2.59. The number of hydrogen-bond acceptors (Lipinski definition) is 5. The first kappa shape index (κ1) is 19.0. The topological polar surface area (TPSA) is 57.2 Å². The second-order valence-electron chi connectivity index (χ2n) is 6.45. The third kappa shape index (κ3) is 4.69. The summed E-state index contributed by atoms with van der Waals surface area (Å²) in [6.45, 7) is 2.73. The number of aliphatic hydroxyl groups is 1. The van der Waals surface area contributed by atoms with Gasteiger partial charge in [-0.05, 0) is 18.1 Å². The molecule has 1 fully saturated rings. The SMILES string of the molecule is CO[C@@H]1C(O)O[C@@H](C)[C@@H](OCc2ccccc2)[C@H]1OCc1ccccc1. The molecule has 5 heteroatoms. The van der Waals surface area contributed by atoms with E-state index < -0.39 is 18.5 Å². The number of hydrogen-bond donors (Lipinski definition) is 1. The Kier molecular flexibility index (Phi) is 6.77. The van der Waals surface area contributed by atoms with Crippen LogP contribution in [0.15, 0.2) is 60.7 Å². The average Bonchev–Trinajstić information content (AvgIpc) is 2.67. The van der Waals surface area contributed by atoms with Gasteiger partial charge in [-0.2, -0.15) is 0 Å². The molecule has 140 valence electrons. The third-order valence-electron chi connectivity index (χ3n) is 4.59. The van der Waals surface area contributed by atoms with E-state index in [1.54, 1.807) is 7.11 Å². The van der Waals surface area contributed by atoms with Gasteiger partial charge in [0, 0.05) is 7.11 Å². The predicted octanol–water partition coefficient (Wildman–Crippen LogP) is 2.91. The van der Waals surface area contributed by atoms with Crippen LogP contribution in [-0.2, 0) is 32.2 Å². The molecule has 2 aromatic carbocycles. The molecule has 1 aliphatic heterocycles. The van der Waals surface area contributed by atoms with Gasteiger partial charge in [-0.1, -0.05) is 60.7 Å². The summed E-state index contributed by atoms with van der Waals surface area (Å²) in [5, 5.41) is 10.2. The van der Waals surface area contributed by atoms with E-state index in [0.29, 0.717) is 13.2 Å². The highest BCUT2D eigenvalue weighted by molar-refractivity contribution is 5.14. The summed E-state index contributed by atoms with van der Waals surface area (Å²) < 4.78 is 23.3. The Morgan fingerprint density at radius 2 is 1.31 bits per heavy atom. The molecular weight excluding hydrogens is 332 g/mol. The van der Waals surface area contributed by atoms with Crippen molar-refractivity contribution in [3.63, 3.8) is 0 Å². The molecule has 1 aliphatic rings. The van der Waals surface area contributed by atoms with Crippen LogP contribution < -0.4 is 0 Å². The fourth-order valence-corrected chi connectivity index (χ4v) is 3.20. The highest BCUT2D eigenvalue weighted by Crippen LogP contribution is 2.28. The minimum atomic E-state index is -1.05. The second-order valence-corrected chi connectivity index (χ2v) is 6.45. The van der Waals surface area contributed by atoms with Crippen LogP contribution in [-0.4, -0.2) is 42.9 Å². The van der Waals surface area contributed by atoms with Crippen LogP contribution in [0.3, 0.4) is 0 Å². The Bertz CT molecular complexity index is 648. The molecule has 3 rings (SSSR count). The summed E-state index contributed by atoms with van der Waals surface area (Å²) in [4.78, 5) is 0. The Labute approximate surface area is 154 Å². The second kappa shape index (κ2) is 9.26. The molecule has 1 N–H and O–H groups in total. The minimum absolute atomic E-state index is 0.319. The molecule has 0 aliphatic carbocycles. The van der Waals surface area contributed by atoms with E-state index in [1.807, 2.05) is 67.6 Å². The van der Waals surface area contributed by atoms with Crippen LogP contribution in [0.4, 0.5) is 0 Å². The van der Waals surface area contributed by atoms with Crippen molar-refractivity contribution in [3.05, 3.63) is 71.8 Å². The first-order valence-corrected chi connectivity index (χ1v) is 8.86. The highest BCUT2D eigenvalue weighted by Gasteiger charge is 2.45. The lowest BCUT2D eigenvalue weighted by atomic mass is 9.99. The molecule has 5 atom stereocenters. The minimum Gasteiger partial charge on any atom is -0.373 e. The van der Waals surface area contributed by atoms with E-state index in [9.17, 15) is 5.11 Å². The van der Waals surface area contributed by atoms with Crippen molar-refractivity contribution in [2.45, 2.75) is 50.8 Å². The molecule has 2 aromatic rings. The zero-order valence-electron chi connectivity index (χ0n) is 15.2. The summed E-state index contributed by atoms with van der Waals surface area (Å²) >= 11 is 0. The summed E-state index contributed by atoms with van der Waals surface area (Å²) in [6, 6.07) is 19.9. The van der Waals surface area contributed by atoms with E-state index in [1.165, 1.54) is 0 Å². The van der Waals surface area contributed by atoms with Gasteiger partial charge < -0.3 is 24.1 Å². The van der Waals surface area contributed by atoms with E-state index in [0.717, 1.165) is 11.1 Å². The Morgan fingerprint density at radius 3 is 1.81 bits per heavy atom. The van der Waals surface area contributed by atoms with Gasteiger partial charge in [-0.25, -0.2) is 0 Å². The van der Waals surface area contributed by atoms with Gasteiger partial charge in [0.25, 0.3) is 0 Å². The summed E-state index contributed by atoms with van der Waals surface area (Å²) in [5.41, 5.74) is 2.12. The van der Waals surface area contributed by atoms with Gasteiger partial charge in [0.05, 0.1) is 19.3 Å². The fourth-order valence-electron chi connectivity index (χ4n) is 3.20. The van der Waals surface area contributed by atoms with Crippen molar-refractivity contribution < 1.29 is 24.1 Å². The lowest BCUT2D eigenvalue weighted by molar-refractivity contribution is -0.302. The van der Waals surface area contributed by atoms with Gasteiger partial charge in [0.15, 0.2) is 6.29 Å². The van der Waals surface area contributed by atoms with Gasteiger partial charge >= 0.3 is 0 Å². The van der Waals surface area contributed by atoms with Crippen molar-refractivity contribution in [1.29, 1.82) is 0 Å². The smallest absolute Gasteiger partial charge is 0.184 e. The van der Waals surface area contributed by atoms with Crippen LogP contribution in [0, 0.1) is 0 Å². The molecule has 0 bridgehead atoms. The first-order valence-electron chi connectivity index (χ1n) is 8.86. The van der Waals surface area contributed by atoms with Crippen molar-refractivity contribution in [1.82, 2.24) is 0 Å². The van der Waals surface area contributed by atoms with Gasteiger partial charge in [-0.3, -0.25) is 0 Å². The molecule has 0 spiro atoms. The maximum Gasteiger partial charge on any atom is 0.184 e. The van der Waals surface area contributed by atoms with Crippen molar-refractivity contribution in [2.24, 2.45) is 0 Å². The van der Waals surface area contributed by atoms with E-state index in [2.05, 4.69) is 0 Å². The van der Waals surface area contributed by atoms with Gasteiger partial charge in [0.2, 0.25) is 0 Å². The lowest BCUT2D eigenvalue weighted by Gasteiger charge is -2.43.